The van der Waals surface area contributed by atoms with Crippen LogP contribution in [-0.4, -0.2) is 18.3 Å². The highest BCUT2D eigenvalue weighted by Gasteiger charge is 2.16. The summed E-state index contributed by atoms with van der Waals surface area (Å²) in [6, 6.07) is 10.7. The molecule has 0 aliphatic carbocycles. The SMILES string of the molecule is CC(C)(CCO)CNCc1cc2ccccc2s1. The first-order chi connectivity index (χ1) is 8.61. The van der Waals surface area contributed by atoms with Crippen LogP contribution in [0.4, 0.5) is 0 Å². The zero-order valence-corrected chi connectivity index (χ0v) is 11.9. The maximum atomic E-state index is 8.99. The molecule has 2 rings (SSSR count). The van der Waals surface area contributed by atoms with Crippen LogP contribution in [0.2, 0.25) is 0 Å². The van der Waals surface area contributed by atoms with Crippen LogP contribution in [0.1, 0.15) is 25.1 Å². The summed E-state index contributed by atoms with van der Waals surface area (Å²) in [4.78, 5) is 1.37. The van der Waals surface area contributed by atoms with E-state index in [1.807, 2.05) is 11.3 Å². The van der Waals surface area contributed by atoms with Crippen molar-refractivity contribution in [1.82, 2.24) is 5.32 Å². The van der Waals surface area contributed by atoms with Gasteiger partial charge in [-0.2, -0.15) is 0 Å². The minimum atomic E-state index is 0.158. The Morgan fingerprint density at radius 3 is 2.78 bits per heavy atom. The second-order valence-electron chi connectivity index (χ2n) is 5.49. The minimum absolute atomic E-state index is 0.158. The molecular weight excluding hydrogens is 242 g/mol. The van der Waals surface area contributed by atoms with Crippen LogP contribution >= 0.6 is 11.3 Å². The van der Waals surface area contributed by atoms with Crippen molar-refractivity contribution in [2.24, 2.45) is 5.41 Å². The molecule has 98 valence electrons. The molecule has 0 aliphatic rings. The summed E-state index contributed by atoms with van der Waals surface area (Å²) >= 11 is 1.85. The number of nitrogens with one attached hydrogen (secondary N) is 1. The van der Waals surface area contributed by atoms with E-state index in [1.165, 1.54) is 15.0 Å². The lowest BCUT2D eigenvalue weighted by Gasteiger charge is -2.23. The predicted octanol–water partition coefficient (Wildman–Crippen LogP) is 3.40. The summed E-state index contributed by atoms with van der Waals surface area (Å²) in [6.07, 6.45) is 0.840. The van der Waals surface area contributed by atoms with Crippen molar-refractivity contribution < 1.29 is 5.11 Å². The Morgan fingerprint density at radius 2 is 2.06 bits per heavy atom. The summed E-state index contributed by atoms with van der Waals surface area (Å²) in [5, 5.41) is 13.8. The van der Waals surface area contributed by atoms with Crippen LogP contribution in [0.25, 0.3) is 10.1 Å². The van der Waals surface area contributed by atoms with Crippen LogP contribution in [0.3, 0.4) is 0 Å². The van der Waals surface area contributed by atoms with E-state index in [2.05, 4.69) is 49.5 Å². The van der Waals surface area contributed by atoms with Gasteiger partial charge in [-0.3, -0.25) is 0 Å². The molecule has 0 fully saturated rings. The molecule has 0 saturated carbocycles. The fourth-order valence-electron chi connectivity index (χ4n) is 2.04. The van der Waals surface area contributed by atoms with Crippen LogP contribution in [0.5, 0.6) is 0 Å². The number of aliphatic hydroxyl groups is 1. The van der Waals surface area contributed by atoms with E-state index in [0.29, 0.717) is 0 Å². The topological polar surface area (TPSA) is 32.3 Å². The molecule has 0 atom stereocenters. The highest BCUT2D eigenvalue weighted by molar-refractivity contribution is 7.19. The second-order valence-corrected chi connectivity index (χ2v) is 6.66. The van der Waals surface area contributed by atoms with Crippen molar-refractivity contribution in [3.63, 3.8) is 0 Å². The lowest BCUT2D eigenvalue weighted by Crippen LogP contribution is -2.29. The van der Waals surface area contributed by atoms with Gasteiger partial charge in [-0.05, 0) is 29.4 Å². The van der Waals surface area contributed by atoms with E-state index in [9.17, 15) is 0 Å². The maximum Gasteiger partial charge on any atom is 0.0436 e. The Bertz CT molecular complexity index is 471. The third-order valence-corrected chi connectivity index (χ3v) is 4.28. The third-order valence-electron chi connectivity index (χ3n) is 3.17. The van der Waals surface area contributed by atoms with Crippen LogP contribution in [0, 0.1) is 5.41 Å². The summed E-state index contributed by atoms with van der Waals surface area (Å²) in [6.45, 7) is 6.47. The highest BCUT2D eigenvalue weighted by atomic mass is 32.1. The molecule has 2 nitrogen and oxygen atoms in total. The van der Waals surface area contributed by atoms with Gasteiger partial charge in [0.1, 0.15) is 0 Å². The lowest BCUT2D eigenvalue weighted by atomic mass is 9.90. The minimum Gasteiger partial charge on any atom is -0.396 e. The normalized spacial score (nSPS) is 12.2. The van der Waals surface area contributed by atoms with E-state index >= 15 is 0 Å². The number of benzene rings is 1. The van der Waals surface area contributed by atoms with Crippen LogP contribution < -0.4 is 5.32 Å². The van der Waals surface area contributed by atoms with Gasteiger partial charge in [0.2, 0.25) is 0 Å². The van der Waals surface area contributed by atoms with E-state index in [-0.39, 0.29) is 12.0 Å². The quantitative estimate of drug-likeness (QED) is 0.837. The molecule has 2 N–H and O–H groups in total. The highest BCUT2D eigenvalue weighted by Crippen LogP contribution is 2.25. The predicted molar refractivity (Wildman–Crippen MR) is 79.0 cm³/mol. The molecule has 0 bridgehead atoms. The van der Waals surface area contributed by atoms with Gasteiger partial charge in [0.05, 0.1) is 0 Å². The van der Waals surface area contributed by atoms with Crippen molar-refractivity contribution >= 4 is 21.4 Å². The molecule has 2 aromatic rings. The number of fused-ring (bicyclic) bond motifs is 1. The lowest BCUT2D eigenvalue weighted by molar-refractivity contribution is 0.207. The zero-order valence-electron chi connectivity index (χ0n) is 11.1. The summed E-state index contributed by atoms with van der Waals surface area (Å²) in [7, 11) is 0. The number of hydrogen-bond acceptors (Lipinski definition) is 3. The number of rotatable bonds is 6. The van der Waals surface area contributed by atoms with Gasteiger partial charge in [-0.25, -0.2) is 0 Å². The molecule has 0 unspecified atom stereocenters. The van der Waals surface area contributed by atoms with E-state index < -0.39 is 0 Å². The van der Waals surface area contributed by atoms with Crippen LogP contribution in [0.15, 0.2) is 30.3 Å². The number of thiophene rings is 1. The molecule has 1 heterocycles. The van der Waals surface area contributed by atoms with Crippen molar-refractivity contribution in [3.05, 3.63) is 35.2 Å². The first-order valence-corrected chi connectivity index (χ1v) is 7.21. The van der Waals surface area contributed by atoms with Gasteiger partial charge in [-0.15, -0.1) is 11.3 Å². The largest absolute Gasteiger partial charge is 0.396 e. The molecular formula is C15H21NOS. The fourth-order valence-corrected chi connectivity index (χ4v) is 3.07. The first kappa shape index (κ1) is 13.5. The Hall–Kier alpha value is -0.900. The van der Waals surface area contributed by atoms with Gasteiger partial charge in [-0.1, -0.05) is 32.0 Å². The van der Waals surface area contributed by atoms with Crippen molar-refractivity contribution in [2.45, 2.75) is 26.8 Å². The molecule has 18 heavy (non-hydrogen) atoms. The average molecular weight is 263 g/mol. The molecule has 0 saturated heterocycles. The number of aliphatic hydroxyl groups excluding tert-OH is 1. The van der Waals surface area contributed by atoms with Crippen molar-refractivity contribution in [2.75, 3.05) is 13.2 Å². The zero-order chi connectivity index (χ0) is 13.0. The number of hydrogen-bond donors (Lipinski definition) is 2. The molecule has 3 heteroatoms. The Balaban J connectivity index is 1.90. The average Bonchev–Trinajstić information content (AvgIpc) is 2.71. The van der Waals surface area contributed by atoms with Gasteiger partial charge in [0, 0.05) is 29.3 Å². The monoisotopic (exact) mass is 263 g/mol. The van der Waals surface area contributed by atoms with Crippen molar-refractivity contribution in [1.29, 1.82) is 0 Å². The summed E-state index contributed by atoms with van der Waals surface area (Å²) in [5.41, 5.74) is 0.158. The van der Waals surface area contributed by atoms with E-state index in [1.54, 1.807) is 0 Å². The van der Waals surface area contributed by atoms with Gasteiger partial charge in [0.25, 0.3) is 0 Å². The molecule has 1 aromatic heterocycles. The van der Waals surface area contributed by atoms with Gasteiger partial charge in [0.15, 0.2) is 0 Å². The molecule has 0 aliphatic heterocycles. The standard InChI is InChI=1S/C15H21NOS/c1-15(2,7-8-17)11-16-10-13-9-12-5-3-4-6-14(12)18-13/h3-6,9,16-17H,7-8,10-11H2,1-2H3. The van der Waals surface area contributed by atoms with Gasteiger partial charge < -0.3 is 10.4 Å². The smallest absolute Gasteiger partial charge is 0.0436 e. The Kier molecular flexibility index (Phi) is 4.38. The summed E-state index contributed by atoms with van der Waals surface area (Å²) < 4.78 is 1.35. The Morgan fingerprint density at radius 1 is 1.28 bits per heavy atom. The third kappa shape index (κ3) is 3.55. The molecule has 0 radical (unpaired) electrons. The molecule has 1 aromatic carbocycles. The maximum absolute atomic E-state index is 8.99. The second kappa shape index (κ2) is 5.83. The molecule has 0 spiro atoms. The van der Waals surface area contributed by atoms with E-state index in [4.69, 9.17) is 5.11 Å². The summed E-state index contributed by atoms with van der Waals surface area (Å²) in [5.74, 6) is 0. The molecule has 0 amide bonds. The van der Waals surface area contributed by atoms with E-state index in [0.717, 1.165) is 19.5 Å². The van der Waals surface area contributed by atoms with Crippen molar-refractivity contribution in [3.8, 4) is 0 Å². The van der Waals surface area contributed by atoms with Crippen LogP contribution in [-0.2, 0) is 6.54 Å². The Labute approximate surface area is 113 Å². The fraction of sp³-hybridized carbons (Fsp3) is 0.467. The first-order valence-electron chi connectivity index (χ1n) is 6.40. The van der Waals surface area contributed by atoms with Gasteiger partial charge >= 0.3 is 0 Å².